The van der Waals surface area contributed by atoms with Gasteiger partial charge >= 0.3 is 0 Å². The van der Waals surface area contributed by atoms with Gasteiger partial charge in [0.05, 0.1) is 22.0 Å². The molecule has 0 fully saturated rings. The molecule has 0 unspecified atom stereocenters. The van der Waals surface area contributed by atoms with Crippen molar-refractivity contribution < 1.29 is 0 Å². The van der Waals surface area contributed by atoms with Gasteiger partial charge in [0.2, 0.25) is 0 Å². The van der Waals surface area contributed by atoms with E-state index in [0.29, 0.717) is 10.8 Å². The van der Waals surface area contributed by atoms with E-state index < -0.39 is 0 Å². The highest BCUT2D eigenvalue weighted by Crippen LogP contribution is 2.31. The molecule has 0 aliphatic rings. The Morgan fingerprint density at radius 2 is 2.11 bits per heavy atom. The highest BCUT2D eigenvalue weighted by atomic mass is 35.5. The van der Waals surface area contributed by atoms with Gasteiger partial charge < -0.3 is 5.32 Å². The van der Waals surface area contributed by atoms with Crippen LogP contribution in [0.15, 0.2) is 12.1 Å². The van der Waals surface area contributed by atoms with Gasteiger partial charge in [-0.2, -0.15) is 10.4 Å². The lowest BCUT2D eigenvalue weighted by atomic mass is 10.1. The summed E-state index contributed by atoms with van der Waals surface area (Å²) in [6.07, 6.45) is 0. The molecule has 0 spiro atoms. The predicted octanol–water partition coefficient (Wildman–Crippen LogP) is 3.50. The van der Waals surface area contributed by atoms with Gasteiger partial charge in [0.25, 0.3) is 0 Å². The Labute approximate surface area is 112 Å². The minimum absolute atomic E-state index is 0.219. The summed E-state index contributed by atoms with van der Waals surface area (Å²) in [6.45, 7) is 6.23. The lowest BCUT2D eigenvalue weighted by molar-refractivity contribution is 0.796. The first-order chi connectivity index (χ1) is 8.65. The number of hydrogen-bond acceptors (Lipinski definition) is 3. The van der Waals surface area contributed by atoms with E-state index in [1.165, 1.54) is 0 Å². The molecule has 1 aromatic carbocycles. The number of nitriles is 1. The monoisotopic (exact) mass is 264 g/mol. The Bertz CT molecular complexity index is 581. The van der Waals surface area contributed by atoms with E-state index in [2.05, 4.69) is 10.4 Å². The van der Waals surface area contributed by atoms with Gasteiger partial charge in [-0.3, -0.25) is 4.68 Å². The maximum atomic E-state index is 8.55. The molecular formula is C13H17ClN4. The summed E-state index contributed by atoms with van der Waals surface area (Å²) in [6, 6.07) is 5.83. The maximum Gasteiger partial charge on any atom is 0.158 e. The number of rotatable bonds is 2. The standard InChI is InChI=1S/C11H11ClN4.C2H6/c1-7-3-4-8(12)9-10(7)16(2)15-11(9)14-6-5-13;1-2/h3-4H,6H2,1-2H3,(H,14,15);1-2H3. The number of fused-ring (bicyclic) bond motifs is 1. The van der Waals surface area contributed by atoms with Crippen LogP contribution in [0.2, 0.25) is 5.02 Å². The van der Waals surface area contributed by atoms with Crippen LogP contribution < -0.4 is 5.32 Å². The van der Waals surface area contributed by atoms with Crippen molar-refractivity contribution in [1.82, 2.24) is 9.78 Å². The summed E-state index contributed by atoms with van der Waals surface area (Å²) >= 11 is 6.15. The molecule has 2 rings (SSSR count). The molecular weight excluding hydrogens is 248 g/mol. The zero-order valence-electron chi connectivity index (χ0n) is 11.1. The molecule has 0 saturated carbocycles. The number of benzene rings is 1. The minimum atomic E-state index is 0.219. The molecule has 1 heterocycles. The molecule has 1 aromatic heterocycles. The van der Waals surface area contributed by atoms with Crippen LogP contribution in [0.5, 0.6) is 0 Å². The van der Waals surface area contributed by atoms with E-state index in [1.54, 1.807) is 4.68 Å². The number of halogens is 1. The van der Waals surface area contributed by atoms with Crippen molar-refractivity contribution >= 4 is 28.3 Å². The van der Waals surface area contributed by atoms with Gasteiger partial charge in [-0.05, 0) is 18.6 Å². The molecule has 0 amide bonds. The quantitative estimate of drug-likeness (QED) is 0.845. The van der Waals surface area contributed by atoms with Crippen LogP contribution in [0.4, 0.5) is 5.82 Å². The van der Waals surface area contributed by atoms with Crippen molar-refractivity contribution in [1.29, 1.82) is 5.26 Å². The van der Waals surface area contributed by atoms with Crippen molar-refractivity contribution in [3.8, 4) is 6.07 Å². The first-order valence-electron chi connectivity index (χ1n) is 5.87. The summed E-state index contributed by atoms with van der Waals surface area (Å²) < 4.78 is 1.77. The third kappa shape index (κ3) is 2.57. The molecule has 96 valence electrons. The second kappa shape index (κ2) is 6.27. The van der Waals surface area contributed by atoms with Crippen molar-refractivity contribution in [2.24, 2.45) is 7.05 Å². The largest absolute Gasteiger partial charge is 0.355 e. The first-order valence-corrected chi connectivity index (χ1v) is 6.25. The second-order valence-electron chi connectivity index (χ2n) is 3.57. The number of hydrogen-bond donors (Lipinski definition) is 1. The van der Waals surface area contributed by atoms with E-state index in [0.717, 1.165) is 16.5 Å². The average molecular weight is 265 g/mol. The molecule has 0 bridgehead atoms. The molecule has 1 N–H and O–H groups in total. The normalized spacial score (nSPS) is 9.56. The van der Waals surface area contributed by atoms with Crippen LogP contribution in [0.25, 0.3) is 10.9 Å². The third-order valence-electron chi connectivity index (χ3n) is 2.47. The van der Waals surface area contributed by atoms with Crippen LogP contribution in [0, 0.1) is 18.3 Å². The molecule has 2 aromatic rings. The van der Waals surface area contributed by atoms with E-state index in [-0.39, 0.29) is 6.54 Å². The van der Waals surface area contributed by atoms with Crippen LogP contribution in [0.1, 0.15) is 19.4 Å². The van der Waals surface area contributed by atoms with E-state index in [1.807, 2.05) is 46.0 Å². The van der Waals surface area contributed by atoms with E-state index >= 15 is 0 Å². The molecule has 5 heteroatoms. The van der Waals surface area contributed by atoms with E-state index in [9.17, 15) is 0 Å². The molecule has 0 saturated heterocycles. The predicted molar refractivity (Wildman–Crippen MR) is 75.9 cm³/mol. The van der Waals surface area contributed by atoms with Crippen LogP contribution >= 0.6 is 11.6 Å². The van der Waals surface area contributed by atoms with Gasteiger partial charge in [0, 0.05) is 7.05 Å². The fourth-order valence-electron chi connectivity index (χ4n) is 1.81. The van der Waals surface area contributed by atoms with Crippen molar-refractivity contribution in [3.63, 3.8) is 0 Å². The Morgan fingerprint density at radius 3 is 2.72 bits per heavy atom. The van der Waals surface area contributed by atoms with Gasteiger partial charge in [0.1, 0.15) is 6.54 Å². The van der Waals surface area contributed by atoms with Crippen LogP contribution in [-0.2, 0) is 7.05 Å². The Balaban J connectivity index is 0.000000771. The van der Waals surface area contributed by atoms with Crippen molar-refractivity contribution in [2.45, 2.75) is 20.8 Å². The zero-order chi connectivity index (χ0) is 13.7. The summed E-state index contributed by atoms with van der Waals surface area (Å²) in [7, 11) is 1.86. The summed E-state index contributed by atoms with van der Waals surface area (Å²) in [5.41, 5.74) is 2.10. The van der Waals surface area contributed by atoms with Gasteiger partial charge in [-0.1, -0.05) is 31.5 Å². The minimum Gasteiger partial charge on any atom is -0.355 e. The van der Waals surface area contributed by atoms with Crippen molar-refractivity contribution in [2.75, 3.05) is 11.9 Å². The second-order valence-corrected chi connectivity index (χ2v) is 3.98. The smallest absolute Gasteiger partial charge is 0.158 e. The Morgan fingerprint density at radius 1 is 1.44 bits per heavy atom. The Kier molecular flexibility index (Phi) is 4.99. The molecule has 4 nitrogen and oxygen atoms in total. The summed E-state index contributed by atoms with van der Waals surface area (Å²) in [5, 5.41) is 17.3. The highest BCUT2D eigenvalue weighted by Gasteiger charge is 2.13. The van der Waals surface area contributed by atoms with Gasteiger partial charge in [-0.15, -0.1) is 0 Å². The number of nitrogens with zero attached hydrogens (tertiary/aromatic N) is 3. The third-order valence-corrected chi connectivity index (χ3v) is 2.79. The lowest BCUT2D eigenvalue weighted by Gasteiger charge is -2.01. The Hall–Kier alpha value is -1.73. The molecule has 0 aliphatic carbocycles. The molecule has 0 radical (unpaired) electrons. The number of anilines is 1. The first kappa shape index (κ1) is 14.3. The van der Waals surface area contributed by atoms with Crippen molar-refractivity contribution in [3.05, 3.63) is 22.7 Å². The fourth-order valence-corrected chi connectivity index (χ4v) is 2.05. The number of aromatic nitrogens is 2. The summed E-state index contributed by atoms with van der Waals surface area (Å²) in [5.74, 6) is 0.660. The molecule has 0 atom stereocenters. The van der Waals surface area contributed by atoms with E-state index in [4.69, 9.17) is 16.9 Å². The topological polar surface area (TPSA) is 53.6 Å². The average Bonchev–Trinajstić information content (AvgIpc) is 2.72. The molecule has 18 heavy (non-hydrogen) atoms. The lowest BCUT2D eigenvalue weighted by Crippen LogP contribution is -2.00. The number of aryl methyl sites for hydroxylation is 2. The highest BCUT2D eigenvalue weighted by molar-refractivity contribution is 6.36. The number of nitrogens with one attached hydrogen (secondary N) is 1. The zero-order valence-corrected chi connectivity index (χ0v) is 11.8. The SMILES string of the molecule is CC.Cc1ccc(Cl)c2c(NCC#N)nn(C)c12. The van der Waals surface area contributed by atoms with Crippen LogP contribution in [-0.4, -0.2) is 16.3 Å². The van der Waals surface area contributed by atoms with Gasteiger partial charge in [-0.25, -0.2) is 0 Å². The summed E-state index contributed by atoms with van der Waals surface area (Å²) in [4.78, 5) is 0. The van der Waals surface area contributed by atoms with Gasteiger partial charge in [0.15, 0.2) is 5.82 Å². The maximum absolute atomic E-state index is 8.55. The van der Waals surface area contributed by atoms with Crippen LogP contribution in [0.3, 0.4) is 0 Å². The fraction of sp³-hybridized carbons (Fsp3) is 0.385. The molecule has 0 aliphatic heterocycles.